The normalized spacial score (nSPS) is 11.5. The summed E-state index contributed by atoms with van der Waals surface area (Å²) in [7, 11) is 0. The molecule has 6 nitrogen and oxygen atoms in total. The molecule has 0 aliphatic heterocycles. The number of benzene rings is 2. The van der Waals surface area contributed by atoms with Crippen LogP contribution in [-0.4, -0.2) is 22.0 Å². The van der Waals surface area contributed by atoms with Gasteiger partial charge < -0.3 is 15.4 Å². The number of hydrazine groups is 1. The zero-order valence-electron chi connectivity index (χ0n) is 17.3. The number of aliphatic carboxylic acids is 1. The molecule has 0 unspecified atom stereocenters. The van der Waals surface area contributed by atoms with Gasteiger partial charge in [-0.2, -0.15) is 0 Å². The third-order valence-electron chi connectivity index (χ3n) is 4.71. The van der Waals surface area contributed by atoms with E-state index in [1.165, 1.54) is 5.01 Å². The van der Waals surface area contributed by atoms with Gasteiger partial charge in [0.25, 0.3) is 5.91 Å². The highest BCUT2D eigenvalue weighted by Crippen LogP contribution is 2.22. The number of allylic oxidation sites excluding steroid dienone is 2. The van der Waals surface area contributed by atoms with Gasteiger partial charge in [0, 0.05) is 22.0 Å². The average molecular weight is 428 g/mol. The van der Waals surface area contributed by atoms with Crippen molar-refractivity contribution in [2.75, 3.05) is 5.32 Å². The second kappa shape index (κ2) is 10.1. The number of carboxylic acid groups (broad SMARTS) is 1. The molecule has 7 heteroatoms. The number of nitrogens with zero attached hydrogens (tertiary/aromatic N) is 1. The highest BCUT2D eigenvalue weighted by Gasteiger charge is 2.14. The van der Waals surface area contributed by atoms with Crippen molar-refractivity contribution in [3.05, 3.63) is 87.6 Å². The zero-order chi connectivity index (χ0) is 22.4. The highest BCUT2D eigenvalue weighted by atomic mass is 35.5. The molecule has 0 heterocycles. The lowest BCUT2D eigenvalue weighted by atomic mass is 10.0. The Labute approximate surface area is 181 Å². The molecule has 2 aromatic carbocycles. The van der Waals surface area contributed by atoms with E-state index < -0.39 is 5.97 Å². The molecule has 0 aliphatic rings. The molecule has 1 amide bonds. The molecule has 30 heavy (non-hydrogen) atoms. The topological polar surface area (TPSA) is 95.7 Å². The number of hydrogen-bond donors (Lipinski definition) is 3. The van der Waals surface area contributed by atoms with Gasteiger partial charge in [-0.15, -0.1) is 0 Å². The smallest absolute Gasteiger partial charge is 0.307 e. The molecule has 0 saturated carbocycles. The van der Waals surface area contributed by atoms with Gasteiger partial charge in [0.15, 0.2) is 0 Å². The number of amides is 1. The van der Waals surface area contributed by atoms with Gasteiger partial charge in [0.2, 0.25) is 0 Å². The summed E-state index contributed by atoms with van der Waals surface area (Å²) >= 11 is 5.86. The second-order valence-electron chi connectivity index (χ2n) is 7.15. The van der Waals surface area contributed by atoms with Crippen LogP contribution in [-0.2, 0) is 11.3 Å². The number of carboxylic acids is 1. The Hall–Kier alpha value is -3.09. The second-order valence-corrected chi connectivity index (χ2v) is 7.59. The molecule has 0 aromatic heterocycles. The molecule has 0 aliphatic carbocycles. The molecule has 158 valence electrons. The van der Waals surface area contributed by atoms with E-state index in [2.05, 4.69) is 11.9 Å². The van der Waals surface area contributed by atoms with Crippen LogP contribution in [0.15, 0.2) is 65.9 Å². The van der Waals surface area contributed by atoms with E-state index in [-0.39, 0.29) is 12.3 Å². The van der Waals surface area contributed by atoms with E-state index in [9.17, 15) is 9.59 Å². The van der Waals surface area contributed by atoms with Crippen molar-refractivity contribution in [3.8, 4) is 0 Å². The number of halogens is 1. The Bertz CT molecular complexity index is 997. The van der Waals surface area contributed by atoms with Crippen LogP contribution < -0.4 is 11.2 Å². The Morgan fingerprint density at radius 2 is 1.80 bits per heavy atom. The van der Waals surface area contributed by atoms with Crippen molar-refractivity contribution in [1.29, 1.82) is 0 Å². The van der Waals surface area contributed by atoms with Crippen LogP contribution in [0, 0.1) is 6.92 Å². The Morgan fingerprint density at radius 1 is 1.17 bits per heavy atom. The summed E-state index contributed by atoms with van der Waals surface area (Å²) in [5, 5.41) is 14.1. The lowest BCUT2D eigenvalue weighted by Gasteiger charge is -2.23. The number of rotatable bonds is 8. The first kappa shape index (κ1) is 23.2. The van der Waals surface area contributed by atoms with Gasteiger partial charge in [-0.05, 0) is 67.8 Å². The number of nitrogens with two attached hydrogens (primary N) is 1. The van der Waals surface area contributed by atoms with Crippen molar-refractivity contribution in [1.82, 2.24) is 5.01 Å². The van der Waals surface area contributed by atoms with Crippen molar-refractivity contribution in [3.63, 3.8) is 0 Å². The SMILES string of the molecule is C=C(C)/C(CC(=O)O)=C(/C)N(N)Cc1ccc(NC(=O)c2ccc(Cl)cc2)c(C)c1. The quantitative estimate of drug-likeness (QED) is 0.316. The van der Waals surface area contributed by atoms with E-state index in [1.807, 2.05) is 25.1 Å². The number of nitrogens with one attached hydrogen (secondary N) is 1. The Balaban J connectivity index is 2.14. The van der Waals surface area contributed by atoms with Crippen molar-refractivity contribution < 1.29 is 14.7 Å². The van der Waals surface area contributed by atoms with E-state index in [0.717, 1.165) is 11.1 Å². The summed E-state index contributed by atoms with van der Waals surface area (Å²) in [6.45, 7) is 9.67. The summed E-state index contributed by atoms with van der Waals surface area (Å²) < 4.78 is 0. The molecule has 0 saturated heterocycles. The van der Waals surface area contributed by atoms with Crippen molar-refractivity contribution in [2.45, 2.75) is 33.7 Å². The van der Waals surface area contributed by atoms with Gasteiger partial charge in [-0.3, -0.25) is 9.59 Å². The summed E-state index contributed by atoms with van der Waals surface area (Å²) in [6, 6.07) is 12.3. The summed E-state index contributed by atoms with van der Waals surface area (Å²) in [6.07, 6.45) is -0.135. The fourth-order valence-electron chi connectivity index (χ4n) is 2.99. The molecule has 0 bridgehead atoms. The first-order valence-electron chi connectivity index (χ1n) is 9.34. The minimum absolute atomic E-state index is 0.135. The van der Waals surface area contributed by atoms with Crippen LogP contribution >= 0.6 is 11.6 Å². The maximum atomic E-state index is 12.4. The Morgan fingerprint density at radius 3 is 2.33 bits per heavy atom. The van der Waals surface area contributed by atoms with Crippen LogP contribution in [0.1, 0.15) is 41.8 Å². The van der Waals surface area contributed by atoms with E-state index >= 15 is 0 Å². The first-order chi connectivity index (χ1) is 14.1. The first-order valence-corrected chi connectivity index (χ1v) is 9.72. The van der Waals surface area contributed by atoms with Crippen molar-refractivity contribution in [2.24, 2.45) is 5.84 Å². The minimum atomic E-state index is -0.933. The standard InChI is InChI=1S/C23H26ClN3O3/c1-14(2)20(12-22(28)29)16(4)27(25)13-17-5-10-21(15(3)11-17)26-23(30)18-6-8-19(24)9-7-18/h5-11H,1,12-13,25H2,2-4H3,(H,26,30)(H,28,29)/b20-16-. The number of carbonyl (C=O) groups excluding carboxylic acids is 1. The van der Waals surface area contributed by atoms with Crippen LogP contribution in [0.3, 0.4) is 0 Å². The maximum Gasteiger partial charge on any atom is 0.307 e. The predicted molar refractivity (Wildman–Crippen MR) is 120 cm³/mol. The van der Waals surface area contributed by atoms with Gasteiger partial charge in [-0.1, -0.05) is 35.9 Å². The predicted octanol–water partition coefficient (Wildman–Crippen LogP) is 4.90. The van der Waals surface area contributed by atoms with Gasteiger partial charge in [0.1, 0.15) is 0 Å². The lowest BCUT2D eigenvalue weighted by Crippen LogP contribution is -2.30. The lowest BCUT2D eigenvalue weighted by molar-refractivity contribution is -0.136. The Kier molecular flexibility index (Phi) is 7.80. The average Bonchev–Trinajstić information content (AvgIpc) is 2.67. The third kappa shape index (κ3) is 6.20. The maximum absolute atomic E-state index is 12.4. The summed E-state index contributed by atoms with van der Waals surface area (Å²) in [4.78, 5) is 23.5. The van der Waals surface area contributed by atoms with E-state index in [1.54, 1.807) is 38.1 Å². The third-order valence-corrected chi connectivity index (χ3v) is 4.96. The fraction of sp³-hybridized carbons (Fsp3) is 0.217. The largest absolute Gasteiger partial charge is 0.481 e. The monoisotopic (exact) mass is 427 g/mol. The van der Waals surface area contributed by atoms with Gasteiger partial charge in [-0.25, -0.2) is 5.84 Å². The van der Waals surface area contributed by atoms with Gasteiger partial charge >= 0.3 is 5.97 Å². The number of hydrogen-bond acceptors (Lipinski definition) is 4. The summed E-state index contributed by atoms with van der Waals surface area (Å²) in [5.74, 6) is 5.03. The minimum Gasteiger partial charge on any atom is -0.481 e. The molecular formula is C23H26ClN3O3. The number of aryl methyl sites for hydroxylation is 1. The molecule has 0 spiro atoms. The molecular weight excluding hydrogens is 402 g/mol. The number of carbonyl (C=O) groups is 2. The molecule has 4 N–H and O–H groups in total. The summed E-state index contributed by atoms with van der Waals surface area (Å²) in [5.41, 5.74) is 4.95. The fourth-order valence-corrected chi connectivity index (χ4v) is 3.11. The molecule has 2 aromatic rings. The molecule has 0 atom stereocenters. The van der Waals surface area contributed by atoms with Crippen LogP contribution in [0.5, 0.6) is 0 Å². The van der Waals surface area contributed by atoms with Crippen LogP contribution in [0.2, 0.25) is 5.02 Å². The van der Waals surface area contributed by atoms with Gasteiger partial charge in [0.05, 0.1) is 13.0 Å². The van der Waals surface area contributed by atoms with Crippen LogP contribution in [0.4, 0.5) is 5.69 Å². The highest BCUT2D eigenvalue weighted by molar-refractivity contribution is 6.30. The molecule has 2 rings (SSSR count). The van der Waals surface area contributed by atoms with Crippen molar-refractivity contribution >= 4 is 29.2 Å². The number of anilines is 1. The zero-order valence-corrected chi connectivity index (χ0v) is 18.1. The van der Waals surface area contributed by atoms with Crippen LogP contribution in [0.25, 0.3) is 0 Å². The molecule has 0 radical (unpaired) electrons. The van der Waals surface area contributed by atoms with E-state index in [4.69, 9.17) is 22.6 Å². The van der Waals surface area contributed by atoms with E-state index in [0.29, 0.717) is 39.7 Å². The molecule has 0 fully saturated rings.